The Kier molecular flexibility index (Phi) is 4.52. The van der Waals surface area contributed by atoms with Crippen molar-refractivity contribution >= 4 is 5.82 Å². The Labute approximate surface area is 119 Å². The first-order chi connectivity index (χ1) is 9.96. The molecule has 2 aromatic rings. The first-order valence-corrected chi connectivity index (χ1v) is 6.20. The van der Waals surface area contributed by atoms with Crippen LogP contribution in [0.3, 0.4) is 0 Å². The summed E-state index contributed by atoms with van der Waals surface area (Å²) in [6, 6.07) is 8.53. The molecule has 0 radical (unpaired) electrons. The zero-order valence-electron chi connectivity index (χ0n) is 11.1. The number of hydrogen-bond acceptors (Lipinski definition) is 4. The summed E-state index contributed by atoms with van der Waals surface area (Å²) in [5.41, 5.74) is 0. The molecule has 0 atom stereocenters. The van der Waals surface area contributed by atoms with Gasteiger partial charge in [0.15, 0.2) is 0 Å². The zero-order chi connectivity index (χ0) is 15.3. The van der Waals surface area contributed by atoms with Crippen molar-refractivity contribution in [3.05, 3.63) is 42.6 Å². The van der Waals surface area contributed by atoms with Crippen LogP contribution in [0.5, 0.6) is 17.2 Å². The second-order valence-corrected chi connectivity index (χ2v) is 4.03. The largest absolute Gasteiger partial charge is 0.573 e. The van der Waals surface area contributed by atoms with E-state index in [4.69, 9.17) is 4.74 Å². The standard InChI is InChI=1S/C14H13F3N2O2/c1-2-18-13-9-12(7-8-19-13)20-10-3-5-11(6-4-10)21-14(15,16)17/h3-9H,2H2,1H3,(H,18,19). The molecule has 1 aromatic heterocycles. The topological polar surface area (TPSA) is 43.4 Å². The molecule has 0 saturated carbocycles. The van der Waals surface area contributed by atoms with Gasteiger partial charge in [0.05, 0.1) is 0 Å². The molecule has 0 amide bonds. The van der Waals surface area contributed by atoms with Crippen LogP contribution in [0, 0.1) is 0 Å². The van der Waals surface area contributed by atoms with E-state index in [-0.39, 0.29) is 5.75 Å². The van der Waals surface area contributed by atoms with Crippen LogP contribution < -0.4 is 14.8 Å². The van der Waals surface area contributed by atoms with Gasteiger partial charge in [-0.2, -0.15) is 0 Å². The van der Waals surface area contributed by atoms with Gasteiger partial charge >= 0.3 is 6.36 Å². The number of alkyl halides is 3. The molecule has 0 aliphatic rings. The number of halogens is 3. The number of anilines is 1. The van der Waals surface area contributed by atoms with Gasteiger partial charge in [0.2, 0.25) is 0 Å². The highest BCUT2D eigenvalue weighted by Crippen LogP contribution is 2.27. The number of hydrogen-bond donors (Lipinski definition) is 1. The minimum atomic E-state index is -4.70. The van der Waals surface area contributed by atoms with Gasteiger partial charge in [-0.05, 0) is 37.3 Å². The molecular formula is C14H13F3N2O2. The SMILES string of the molecule is CCNc1cc(Oc2ccc(OC(F)(F)F)cc2)ccn1. The number of nitrogens with zero attached hydrogens (tertiary/aromatic N) is 1. The highest BCUT2D eigenvalue weighted by Gasteiger charge is 2.30. The Bertz CT molecular complexity index is 586. The van der Waals surface area contributed by atoms with Crippen molar-refractivity contribution in [2.45, 2.75) is 13.3 Å². The summed E-state index contributed by atoms with van der Waals surface area (Å²) >= 11 is 0. The van der Waals surface area contributed by atoms with Crippen molar-refractivity contribution in [2.24, 2.45) is 0 Å². The van der Waals surface area contributed by atoms with E-state index in [0.29, 0.717) is 17.3 Å². The third kappa shape index (κ3) is 4.87. The van der Waals surface area contributed by atoms with Crippen LogP contribution in [-0.2, 0) is 0 Å². The maximum Gasteiger partial charge on any atom is 0.573 e. The number of ether oxygens (including phenoxy) is 2. The molecule has 0 aliphatic carbocycles. The average molecular weight is 298 g/mol. The van der Waals surface area contributed by atoms with Gasteiger partial charge in [0, 0.05) is 18.8 Å². The summed E-state index contributed by atoms with van der Waals surface area (Å²) in [5.74, 6) is 1.30. The molecule has 1 heterocycles. The lowest BCUT2D eigenvalue weighted by atomic mass is 10.3. The fraction of sp³-hybridized carbons (Fsp3) is 0.214. The summed E-state index contributed by atoms with van der Waals surface area (Å²) in [6.45, 7) is 2.66. The van der Waals surface area contributed by atoms with E-state index in [1.165, 1.54) is 24.3 Å². The first-order valence-electron chi connectivity index (χ1n) is 6.20. The van der Waals surface area contributed by atoms with Gasteiger partial charge in [-0.15, -0.1) is 13.2 Å². The highest BCUT2D eigenvalue weighted by atomic mass is 19.4. The van der Waals surface area contributed by atoms with Gasteiger partial charge < -0.3 is 14.8 Å². The Morgan fingerprint density at radius 3 is 2.33 bits per heavy atom. The third-order valence-corrected chi connectivity index (χ3v) is 2.38. The lowest BCUT2D eigenvalue weighted by Crippen LogP contribution is -2.16. The molecule has 4 nitrogen and oxygen atoms in total. The van der Waals surface area contributed by atoms with Crippen LogP contribution >= 0.6 is 0 Å². The molecule has 2 rings (SSSR count). The van der Waals surface area contributed by atoms with E-state index in [1.54, 1.807) is 18.3 Å². The molecular weight excluding hydrogens is 285 g/mol. The van der Waals surface area contributed by atoms with Crippen LogP contribution in [0.4, 0.5) is 19.0 Å². The van der Waals surface area contributed by atoms with E-state index >= 15 is 0 Å². The van der Waals surface area contributed by atoms with Gasteiger partial charge in [0.1, 0.15) is 23.1 Å². The lowest BCUT2D eigenvalue weighted by Gasteiger charge is -2.10. The molecule has 7 heteroatoms. The molecule has 0 bridgehead atoms. The van der Waals surface area contributed by atoms with Crippen molar-refractivity contribution in [2.75, 3.05) is 11.9 Å². The number of pyridine rings is 1. The number of nitrogens with one attached hydrogen (secondary N) is 1. The quantitative estimate of drug-likeness (QED) is 0.898. The summed E-state index contributed by atoms with van der Waals surface area (Å²) in [7, 11) is 0. The highest BCUT2D eigenvalue weighted by molar-refractivity contribution is 5.42. The summed E-state index contributed by atoms with van der Waals surface area (Å²) in [4.78, 5) is 4.09. The van der Waals surface area contributed by atoms with Gasteiger partial charge in [0.25, 0.3) is 0 Å². The average Bonchev–Trinajstić information content (AvgIpc) is 2.40. The minimum absolute atomic E-state index is 0.294. The minimum Gasteiger partial charge on any atom is -0.457 e. The maximum absolute atomic E-state index is 12.0. The van der Waals surface area contributed by atoms with E-state index in [1.807, 2.05) is 6.92 Å². The van der Waals surface area contributed by atoms with E-state index in [2.05, 4.69) is 15.0 Å². The Balaban J connectivity index is 2.04. The summed E-state index contributed by atoms with van der Waals surface area (Å²) in [5, 5.41) is 3.03. The number of benzene rings is 1. The van der Waals surface area contributed by atoms with Crippen LogP contribution in [0.1, 0.15) is 6.92 Å². The van der Waals surface area contributed by atoms with Crippen molar-refractivity contribution in [1.29, 1.82) is 0 Å². The van der Waals surface area contributed by atoms with Crippen LogP contribution in [0.2, 0.25) is 0 Å². The smallest absolute Gasteiger partial charge is 0.457 e. The molecule has 0 saturated heterocycles. The van der Waals surface area contributed by atoms with Crippen molar-refractivity contribution in [1.82, 2.24) is 4.98 Å². The number of rotatable bonds is 5. The summed E-state index contributed by atoms with van der Waals surface area (Å²) in [6.07, 6.45) is -3.12. The van der Waals surface area contributed by atoms with E-state index < -0.39 is 6.36 Å². The second kappa shape index (κ2) is 6.34. The normalized spacial score (nSPS) is 11.0. The number of aromatic nitrogens is 1. The van der Waals surface area contributed by atoms with Crippen molar-refractivity contribution in [3.63, 3.8) is 0 Å². The fourth-order valence-corrected chi connectivity index (χ4v) is 1.60. The van der Waals surface area contributed by atoms with E-state index in [0.717, 1.165) is 6.54 Å². The fourth-order valence-electron chi connectivity index (χ4n) is 1.60. The molecule has 1 N–H and O–H groups in total. The van der Waals surface area contributed by atoms with Crippen LogP contribution in [-0.4, -0.2) is 17.9 Å². The van der Waals surface area contributed by atoms with Crippen LogP contribution in [0.15, 0.2) is 42.6 Å². The predicted octanol–water partition coefficient (Wildman–Crippen LogP) is 4.20. The van der Waals surface area contributed by atoms with Crippen molar-refractivity contribution in [3.8, 4) is 17.2 Å². The third-order valence-electron chi connectivity index (χ3n) is 2.38. The molecule has 21 heavy (non-hydrogen) atoms. The molecule has 0 unspecified atom stereocenters. The van der Waals surface area contributed by atoms with Crippen LogP contribution in [0.25, 0.3) is 0 Å². The Morgan fingerprint density at radius 1 is 1.05 bits per heavy atom. The first kappa shape index (κ1) is 15.0. The van der Waals surface area contributed by atoms with Gasteiger partial charge in [-0.25, -0.2) is 4.98 Å². The van der Waals surface area contributed by atoms with Crippen molar-refractivity contribution < 1.29 is 22.6 Å². The molecule has 0 spiro atoms. The van der Waals surface area contributed by atoms with E-state index in [9.17, 15) is 13.2 Å². The van der Waals surface area contributed by atoms with Gasteiger partial charge in [-0.3, -0.25) is 0 Å². The Hall–Kier alpha value is -2.44. The second-order valence-electron chi connectivity index (χ2n) is 4.03. The van der Waals surface area contributed by atoms with Gasteiger partial charge in [-0.1, -0.05) is 0 Å². The molecule has 0 fully saturated rings. The summed E-state index contributed by atoms with van der Waals surface area (Å²) < 4.78 is 45.4. The monoisotopic (exact) mass is 298 g/mol. The molecule has 1 aromatic carbocycles. The lowest BCUT2D eigenvalue weighted by molar-refractivity contribution is -0.274. The molecule has 112 valence electrons. The molecule has 0 aliphatic heterocycles. The Morgan fingerprint density at radius 2 is 1.71 bits per heavy atom. The predicted molar refractivity (Wildman–Crippen MR) is 71.6 cm³/mol. The maximum atomic E-state index is 12.0. The zero-order valence-corrected chi connectivity index (χ0v) is 11.1.